The molecule has 0 bridgehead atoms. The first-order valence-corrected chi connectivity index (χ1v) is 9.54. The minimum absolute atomic E-state index is 0.0356. The van der Waals surface area contributed by atoms with E-state index in [4.69, 9.17) is 16.4 Å². The zero-order valence-corrected chi connectivity index (χ0v) is 16.9. The number of amides is 1. The fraction of sp³-hybridized carbons (Fsp3) is 0.278. The summed E-state index contributed by atoms with van der Waals surface area (Å²) in [6.07, 6.45) is 1.62. The molecule has 27 heavy (non-hydrogen) atoms. The van der Waals surface area contributed by atoms with Gasteiger partial charge in [0, 0.05) is 8.99 Å². The largest absolute Gasteiger partial charge is 0.396 e. The molecule has 0 saturated heterocycles. The van der Waals surface area contributed by atoms with Crippen LogP contribution in [-0.2, 0) is 4.84 Å². The highest BCUT2D eigenvalue weighted by molar-refractivity contribution is 14.1. The van der Waals surface area contributed by atoms with Gasteiger partial charge in [-0.05, 0) is 65.8 Å². The Hall–Kier alpha value is -1.49. The molecule has 5 nitrogen and oxygen atoms in total. The van der Waals surface area contributed by atoms with E-state index in [1.807, 2.05) is 0 Å². The number of hydrogen-bond donors (Lipinski definition) is 3. The highest BCUT2D eigenvalue weighted by atomic mass is 127. The molecule has 0 atom stereocenters. The van der Waals surface area contributed by atoms with Gasteiger partial charge in [-0.3, -0.25) is 9.63 Å². The highest BCUT2D eigenvalue weighted by Crippen LogP contribution is 2.44. The molecule has 144 valence electrons. The van der Waals surface area contributed by atoms with Gasteiger partial charge < -0.3 is 10.4 Å². The minimum Gasteiger partial charge on any atom is -0.396 e. The molecule has 0 aliphatic heterocycles. The number of aliphatic hydroxyl groups excluding tert-OH is 1. The number of halogens is 4. The maximum atomic E-state index is 14.4. The second kappa shape index (κ2) is 8.26. The number of hydroxylamine groups is 1. The van der Waals surface area contributed by atoms with Gasteiger partial charge in [0.25, 0.3) is 5.91 Å². The average molecular weight is 509 g/mol. The summed E-state index contributed by atoms with van der Waals surface area (Å²) in [4.78, 5) is 17.5. The van der Waals surface area contributed by atoms with Crippen LogP contribution < -0.4 is 10.8 Å². The Labute approximate surface area is 173 Å². The second-order valence-corrected chi connectivity index (χ2v) is 8.06. The first-order chi connectivity index (χ1) is 12.8. The molecule has 0 radical (unpaired) electrons. The summed E-state index contributed by atoms with van der Waals surface area (Å²) in [5.41, 5.74) is 1.73. The van der Waals surface area contributed by atoms with Crippen LogP contribution in [0.3, 0.4) is 0 Å². The molecule has 1 aliphatic carbocycles. The van der Waals surface area contributed by atoms with Crippen LogP contribution in [0.4, 0.5) is 20.2 Å². The van der Waals surface area contributed by atoms with Crippen molar-refractivity contribution >= 4 is 51.5 Å². The van der Waals surface area contributed by atoms with Crippen molar-refractivity contribution in [1.29, 1.82) is 0 Å². The van der Waals surface area contributed by atoms with E-state index in [0.29, 0.717) is 10.7 Å². The standard InChI is InChI=1S/C18H16ClF2IN2O3/c19-12-7-10(22)1-4-14(12)23-16-11(2-3-13(20)15(16)21)17(26)24-27-9-18(8-25)5-6-18/h1-4,7,23,25H,5-6,8-9H2,(H,24,26). The monoisotopic (exact) mass is 508 g/mol. The molecule has 1 saturated carbocycles. The van der Waals surface area contributed by atoms with E-state index in [9.17, 15) is 18.7 Å². The molecule has 2 aromatic rings. The van der Waals surface area contributed by atoms with Crippen LogP contribution >= 0.6 is 34.2 Å². The fourth-order valence-electron chi connectivity index (χ4n) is 2.42. The topological polar surface area (TPSA) is 70.6 Å². The van der Waals surface area contributed by atoms with Gasteiger partial charge in [0.2, 0.25) is 0 Å². The van der Waals surface area contributed by atoms with Crippen LogP contribution in [0.1, 0.15) is 23.2 Å². The van der Waals surface area contributed by atoms with E-state index < -0.39 is 17.5 Å². The molecule has 9 heteroatoms. The molecule has 0 aromatic heterocycles. The van der Waals surface area contributed by atoms with Crippen LogP contribution in [0.2, 0.25) is 5.02 Å². The maximum Gasteiger partial charge on any atom is 0.277 e. The fourth-order valence-corrected chi connectivity index (χ4v) is 3.33. The third-order valence-electron chi connectivity index (χ3n) is 4.37. The normalized spacial score (nSPS) is 14.7. The smallest absolute Gasteiger partial charge is 0.277 e. The Morgan fingerprint density at radius 1 is 1.30 bits per heavy atom. The predicted octanol–water partition coefficient (Wildman–Crippen LogP) is 4.40. The molecule has 1 amide bonds. The number of aliphatic hydroxyl groups is 1. The van der Waals surface area contributed by atoms with Gasteiger partial charge in [0.15, 0.2) is 11.6 Å². The second-order valence-electron chi connectivity index (χ2n) is 6.41. The zero-order valence-electron chi connectivity index (χ0n) is 14.0. The van der Waals surface area contributed by atoms with E-state index in [0.717, 1.165) is 28.5 Å². The van der Waals surface area contributed by atoms with Gasteiger partial charge in [0.1, 0.15) is 0 Å². The van der Waals surface area contributed by atoms with Crippen LogP contribution in [0.15, 0.2) is 30.3 Å². The number of carbonyl (C=O) groups excluding carboxylic acids is 1. The summed E-state index contributed by atoms with van der Waals surface area (Å²) in [5.74, 6) is -3.05. The quantitative estimate of drug-likeness (QED) is 0.383. The van der Waals surface area contributed by atoms with Crippen LogP contribution in [0, 0.1) is 20.6 Å². The van der Waals surface area contributed by atoms with E-state index in [-0.39, 0.29) is 29.9 Å². The van der Waals surface area contributed by atoms with Gasteiger partial charge in [-0.15, -0.1) is 0 Å². The van der Waals surface area contributed by atoms with E-state index in [1.165, 1.54) is 0 Å². The molecule has 0 spiro atoms. The number of rotatable bonds is 7. The van der Waals surface area contributed by atoms with Gasteiger partial charge in [-0.25, -0.2) is 14.3 Å². The highest BCUT2D eigenvalue weighted by Gasteiger charge is 2.42. The van der Waals surface area contributed by atoms with Crippen molar-refractivity contribution in [3.63, 3.8) is 0 Å². The molecule has 1 aliphatic rings. The van der Waals surface area contributed by atoms with Gasteiger partial charge in [-0.2, -0.15) is 0 Å². The Kier molecular flexibility index (Phi) is 6.19. The first kappa shape index (κ1) is 20.2. The van der Waals surface area contributed by atoms with Crippen molar-refractivity contribution in [1.82, 2.24) is 5.48 Å². The lowest BCUT2D eigenvalue weighted by Gasteiger charge is -2.16. The number of benzene rings is 2. The van der Waals surface area contributed by atoms with Crippen LogP contribution in [0.5, 0.6) is 0 Å². The van der Waals surface area contributed by atoms with Crippen LogP contribution in [-0.4, -0.2) is 24.2 Å². The SMILES string of the molecule is O=C(NOCC1(CO)CC1)c1ccc(F)c(F)c1Nc1ccc(I)cc1Cl. The first-order valence-electron chi connectivity index (χ1n) is 8.08. The van der Waals surface area contributed by atoms with Crippen molar-refractivity contribution < 1.29 is 23.5 Å². The molecular formula is C18H16ClF2IN2O3. The summed E-state index contributed by atoms with van der Waals surface area (Å²) in [6.45, 7) is 0.108. The third-order valence-corrected chi connectivity index (χ3v) is 5.35. The molecule has 0 heterocycles. The maximum absolute atomic E-state index is 14.4. The minimum atomic E-state index is -1.20. The molecule has 0 unspecified atom stereocenters. The lowest BCUT2D eigenvalue weighted by molar-refractivity contribution is -0.0000401. The van der Waals surface area contributed by atoms with Crippen molar-refractivity contribution in [3.8, 4) is 0 Å². The molecule has 3 rings (SSSR count). The zero-order chi connectivity index (χ0) is 19.6. The lowest BCUT2D eigenvalue weighted by atomic mass is 10.1. The van der Waals surface area contributed by atoms with Crippen LogP contribution in [0.25, 0.3) is 0 Å². The van der Waals surface area contributed by atoms with Gasteiger partial charge in [-0.1, -0.05) is 11.6 Å². The summed E-state index contributed by atoms with van der Waals surface area (Å²) in [6, 6.07) is 7.00. The average Bonchev–Trinajstić information content (AvgIpc) is 3.41. The van der Waals surface area contributed by atoms with E-state index in [2.05, 4.69) is 33.4 Å². The molecule has 2 aromatic carbocycles. The Balaban J connectivity index is 1.80. The number of hydrogen-bond acceptors (Lipinski definition) is 4. The van der Waals surface area contributed by atoms with Crippen molar-refractivity contribution in [2.75, 3.05) is 18.5 Å². The predicted molar refractivity (Wildman–Crippen MR) is 106 cm³/mol. The van der Waals surface area contributed by atoms with Crippen molar-refractivity contribution in [3.05, 3.63) is 56.1 Å². The summed E-state index contributed by atoms with van der Waals surface area (Å²) in [7, 11) is 0. The Morgan fingerprint density at radius 2 is 2.04 bits per heavy atom. The van der Waals surface area contributed by atoms with E-state index >= 15 is 0 Å². The van der Waals surface area contributed by atoms with Gasteiger partial charge in [0.05, 0.1) is 35.2 Å². The third kappa shape index (κ3) is 4.68. The molecule has 3 N–H and O–H groups in total. The summed E-state index contributed by atoms with van der Waals surface area (Å²) < 4.78 is 28.9. The summed E-state index contributed by atoms with van der Waals surface area (Å²) >= 11 is 8.20. The number of carbonyl (C=O) groups is 1. The Bertz CT molecular complexity index is 878. The summed E-state index contributed by atoms with van der Waals surface area (Å²) in [5, 5.41) is 12.2. The number of nitrogens with one attached hydrogen (secondary N) is 2. The van der Waals surface area contributed by atoms with Crippen molar-refractivity contribution in [2.24, 2.45) is 5.41 Å². The lowest BCUT2D eigenvalue weighted by Crippen LogP contribution is -2.29. The van der Waals surface area contributed by atoms with Gasteiger partial charge >= 0.3 is 0 Å². The molecular weight excluding hydrogens is 493 g/mol. The van der Waals surface area contributed by atoms with E-state index in [1.54, 1.807) is 18.2 Å². The Morgan fingerprint density at radius 3 is 2.67 bits per heavy atom. The van der Waals surface area contributed by atoms with Crippen molar-refractivity contribution in [2.45, 2.75) is 12.8 Å². The number of anilines is 2. The molecule has 1 fully saturated rings.